The Labute approximate surface area is 123 Å². The number of hydrogen-bond donors (Lipinski definition) is 3. The molecule has 20 heavy (non-hydrogen) atoms. The molecule has 1 heterocycles. The monoisotopic (exact) mass is 285 g/mol. The fraction of sp³-hybridized carbons (Fsp3) is 0.933. The Morgan fingerprint density at radius 1 is 1.35 bits per heavy atom. The smallest absolute Gasteiger partial charge is 0.315 e. The van der Waals surface area contributed by atoms with Crippen molar-refractivity contribution in [3.8, 4) is 0 Å². The first kappa shape index (κ1) is 17.2. The number of carbonyl (C=O) groups excluding carboxylic acids is 1. The molecule has 0 aliphatic carbocycles. The Bertz CT molecular complexity index is 276. The average molecular weight is 285 g/mol. The Morgan fingerprint density at radius 2 is 2.00 bits per heavy atom. The van der Waals surface area contributed by atoms with E-state index in [0.29, 0.717) is 24.4 Å². The standard InChI is InChI=1S/C15H31N3O2/c1-12(2)10-13(6-9-19)11-16-15(20)17-14-4-7-18(3)8-5-14/h12-14,19H,4-11H2,1-3H3,(H2,16,17,20). The van der Waals surface area contributed by atoms with Crippen LogP contribution in [0.1, 0.15) is 39.5 Å². The summed E-state index contributed by atoms with van der Waals surface area (Å²) in [4.78, 5) is 14.2. The van der Waals surface area contributed by atoms with Gasteiger partial charge in [-0.05, 0) is 57.7 Å². The van der Waals surface area contributed by atoms with Gasteiger partial charge in [-0.3, -0.25) is 0 Å². The number of amides is 2. The van der Waals surface area contributed by atoms with Crippen LogP contribution in [-0.4, -0.2) is 55.4 Å². The van der Waals surface area contributed by atoms with E-state index in [0.717, 1.165) is 38.8 Å². The van der Waals surface area contributed by atoms with E-state index >= 15 is 0 Å². The zero-order valence-corrected chi connectivity index (χ0v) is 13.2. The molecule has 1 rings (SSSR count). The third-order valence-electron chi connectivity index (χ3n) is 3.95. The maximum absolute atomic E-state index is 11.9. The van der Waals surface area contributed by atoms with Gasteiger partial charge in [-0.2, -0.15) is 0 Å². The summed E-state index contributed by atoms with van der Waals surface area (Å²) in [6.07, 6.45) is 3.84. The van der Waals surface area contributed by atoms with Crippen LogP contribution in [0.2, 0.25) is 0 Å². The van der Waals surface area contributed by atoms with E-state index in [-0.39, 0.29) is 12.6 Å². The van der Waals surface area contributed by atoms with Crippen molar-refractivity contribution in [1.82, 2.24) is 15.5 Å². The minimum absolute atomic E-state index is 0.0637. The van der Waals surface area contributed by atoms with Gasteiger partial charge in [0.15, 0.2) is 0 Å². The molecule has 3 N–H and O–H groups in total. The molecule has 118 valence electrons. The van der Waals surface area contributed by atoms with Gasteiger partial charge in [0, 0.05) is 19.2 Å². The van der Waals surface area contributed by atoms with E-state index in [1.54, 1.807) is 0 Å². The third-order valence-corrected chi connectivity index (χ3v) is 3.95. The predicted molar refractivity (Wildman–Crippen MR) is 81.7 cm³/mol. The number of nitrogens with zero attached hydrogens (tertiary/aromatic N) is 1. The zero-order chi connectivity index (χ0) is 15.0. The number of aliphatic hydroxyl groups excluding tert-OH is 1. The van der Waals surface area contributed by atoms with Gasteiger partial charge in [-0.25, -0.2) is 4.79 Å². The molecule has 1 saturated heterocycles. The first-order valence-electron chi connectivity index (χ1n) is 7.85. The van der Waals surface area contributed by atoms with Crippen LogP contribution >= 0.6 is 0 Å². The minimum atomic E-state index is -0.0637. The highest BCUT2D eigenvalue weighted by Gasteiger charge is 2.19. The van der Waals surface area contributed by atoms with Gasteiger partial charge in [0.1, 0.15) is 0 Å². The Balaban J connectivity index is 2.23. The Hall–Kier alpha value is -0.810. The van der Waals surface area contributed by atoms with Crippen LogP contribution in [0, 0.1) is 11.8 Å². The molecule has 1 unspecified atom stereocenters. The van der Waals surface area contributed by atoms with Gasteiger partial charge in [0.25, 0.3) is 0 Å². The van der Waals surface area contributed by atoms with Crippen LogP contribution in [-0.2, 0) is 0 Å². The summed E-state index contributed by atoms with van der Waals surface area (Å²) in [6, 6.07) is 0.235. The first-order chi connectivity index (χ1) is 9.51. The molecular weight excluding hydrogens is 254 g/mol. The SMILES string of the molecule is CC(C)CC(CCO)CNC(=O)NC1CCN(C)CC1. The van der Waals surface area contributed by atoms with Gasteiger partial charge >= 0.3 is 6.03 Å². The van der Waals surface area contributed by atoms with Crippen molar-refractivity contribution < 1.29 is 9.90 Å². The Morgan fingerprint density at radius 3 is 2.55 bits per heavy atom. The zero-order valence-electron chi connectivity index (χ0n) is 13.2. The van der Waals surface area contributed by atoms with Crippen molar-refractivity contribution in [2.75, 3.05) is 33.3 Å². The van der Waals surface area contributed by atoms with Crippen molar-refractivity contribution in [2.24, 2.45) is 11.8 Å². The summed E-state index contributed by atoms with van der Waals surface area (Å²) in [6.45, 7) is 7.27. The number of nitrogens with one attached hydrogen (secondary N) is 2. The van der Waals surface area contributed by atoms with Crippen LogP contribution in [0.5, 0.6) is 0 Å². The molecule has 0 saturated carbocycles. The van der Waals surface area contributed by atoms with Crippen molar-refractivity contribution in [3.05, 3.63) is 0 Å². The number of urea groups is 1. The largest absolute Gasteiger partial charge is 0.396 e. The lowest BCUT2D eigenvalue weighted by atomic mass is 9.94. The quantitative estimate of drug-likeness (QED) is 0.663. The molecule has 2 amide bonds. The van der Waals surface area contributed by atoms with Crippen molar-refractivity contribution in [3.63, 3.8) is 0 Å². The molecule has 0 aromatic heterocycles. The lowest BCUT2D eigenvalue weighted by Crippen LogP contribution is -2.48. The maximum atomic E-state index is 11.9. The second-order valence-corrected chi connectivity index (χ2v) is 6.44. The number of carbonyl (C=O) groups is 1. The second kappa shape index (κ2) is 9.19. The molecular formula is C15H31N3O2. The predicted octanol–water partition coefficient (Wildman–Crippen LogP) is 1.42. The van der Waals surface area contributed by atoms with Crippen LogP contribution in [0.3, 0.4) is 0 Å². The lowest BCUT2D eigenvalue weighted by Gasteiger charge is -2.29. The van der Waals surface area contributed by atoms with Gasteiger partial charge < -0.3 is 20.6 Å². The van der Waals surface area contributed by atoms with Gasteiger partial charge in [-0.15, -0.1) is 0 Å². The third kappa shape index (κ3) is 7.10. The number of hydrogen-bond acceptors (Lipinski definition) is 3. The highest BCUT2D eigenvalue weighted by atomic mass is 16.3. The maximum Gasteiger partial charge on any atom is 0.315 e. The normalized spacial score (nSPS) is 19.1. The number of piperidine rings is 1. The Kier molecular flexibility index (Phi) is 7.92. The lowest BCUT2D eigenvalue weighted by molar-refractivity contribution is 0.208. The number of likely N-dealkylation sites (tertiary alicyclic amines) is 1. The summed E-state index contributed by atoms with van der Waals surface area (Å²) >= 11 is 0. The average Bonchev–Trinajstić information content (AvgIpc) is 2.38. The molecule has 1 aliphatic rings. The highest BCUT2D eigenvalue weighted by molar-refractivity contribution is 5.74. The van der Waals surface area contributed by atoms with Crippen molar-refractivity contribution in [1.29, 1.82) is 0 Å². The van der Waals surface area contributed by atoms with Crippen LogP contribution < -0.4 is 10.6 Å². The highest BCUT2D eigenvalue weighted by Crippen LogP contribution is 2.14. The molecule has 0 radical (unpaired) electrons. The van der Waals surface area contributed by atoms with Gasteiger partial charge in [-0.1, -0.05) is 13.8 Å². The summed E-state index contributed by atoms with van der Waals surface area (Å²) in [7, 11) is 2.11. The molecule has 5 nitrogen and oxygen atoms in total. The fourth-order valence-corrected chi connectivity index (χ4v) is 2.78. The summed E-state index contributed by atoms with van der Waals surface area (Å²) < 4.78 is 0. The van der Waals surface area contributed by atoms with E-state index in [1.165, 1.54) is 0 Å². The van der Waals surface area contributed by atoms with Crippen LogP contribution in [0.15, 0.2) is 0 Å². The molecule has 1 fully saturated rings. The van der Waals surface area contributed by atoms with Crippen molar-refractivity contribution in [2.45, 2.75) is 45.6 Å². The topological polar surface area (TPSA) is 64.6 Å². The molecule has 0 aromatic rings. The van der Waals surface area contributed by atoms with Gasteiger partial charge in [0.2, 0.25) is 0 Å². The molecule has 0 aromatic carbocycles. The van der Waals surface area contributed by atoms with E-state index < -0.39 is 0 Å². The molecule has 1 aliphatic heterocycles. The molecule has 0 bridgehead atoms. The first-order valence-corrected chi connectivity index (χ1v) is 7.85. The number of aliphatic hydroxyl groups is 1. The van der Waals surface area contributed by atoms with E-state index in [4.69, 9.17) is 5.11 Å². The van der Waals surface area contributed by atoms with E-state index in [1.807, 2.05) is 0 Å². The summed E-state index contributed by atoms with van der Waals surface area (Å²) in [5, 5.41) is 15.1. The van der Waals surface area contributed by atoms with Gasteiger partial charge in [0.05, 0.1) is 0 Å². The number of rotatable bonds is 7. The summed E-state index contributed by atoms with van der Waals surface area (Å²) in [5.74, 6) is 0.952. The van der Waals surface area contributed by atoms with Crippen LogP contribution in [0.25, 0.3) is 0 Å². The van der Waals surface area contributed by atoms with E-state index in [2.05, 4.69) is 36.4 Å². The fourth-order valence-electron chi connectivity index (χ4n) is 2.78. The molecule has 5 heteroatoms. The van der Waals surface area contributed by atoms with E-state index in [9.17, 15) is 4.79 Å². The summed E-state index contributed by atoms with van der Waals surface area (Å²) in [5.41, 5.74) is 0. The van der Waals surface area contributed by atoms with Crippen LogP contribution in [0.4, 0.5) is 4.79 Å². The molecule has 0 spiro atoms. The minimum Gasteiger partial charge on any atom is -0.396 e. The molecule has 1 atom stereocenters. The van der Waals surface area contributed by atoms with Crippen molar-refractivity contribution >= 4 is 6.03 Å². The second-order valence-electron chi connectivity index (χ2n) is 6.44.